The highest BCUT2D eigenvalue weighted by Crippen LogP contribution is 2.16. The summed E-state index contributed by atoms with van der Waals surface area (Å²) in [6.07, 6.45) is 4.47. The molecule has 0 amide bonds. The first kappa shape index (κ1) is 12.3. The Morgan fingerprint density at radius 1 is 1.65 bits per heavy atom. The van der Waals surface area contributed by atoms with Gasteiger partial charge in [0.2, 0.25) is 5.88 Å². The fraction of sp³-hybridized carbons (Fsp3) is 0.615. The number of nitrogens with one attached hydrogen (secondary N) is 1. The minimum absolute atomic E-state index is 0.360. The Bertz CT molecular complexity index is 351. The largest absolute Gasteiger partial charge is 0.481 e. The Kier molecular flexibility index (Phi) is 4.34. The number of aromatic nitrogens is 1. The van der Waals surface area contributed by atoms with Gasteiger partial charge in [-0.05, 0) is 31.4 Å². The minimum Gasteiger partial charge on any atom is -0.481 e. The van der Waals surface area contributed by atoms with Gasteiger partial charge in [0.05, 0.1) is 13.2 Å². The van der Waals surface area contributed by atoms with E-state index in [1.165, 1.54) is 12.0 Å². The van der Waals surface area contributed by atoms with E-state index in [9.17, 15) is 0 Å². The minimum atomic E-state index is 0.360. The maximum atomic E-state index is 5.65. The van der Waals surface area contributed by atoms with E-state index in [-0.39, 0.29) is 0 Å². The maximum Gasteiger partial charge on any atom is 0.213 e. The third-order valence-electron chi connectivity index (χ3n) is 3.16. The smallest absolute Gasteiger partial charge is 0.213 e. The number of hydrogen-bond donors (Lipinski definition) is 1. The fourth-order valence-corrected chi connectivity index (χ4v) is 2.08. The van der Waals surface area contributed by atoms with Gasteiger partial charge in [-0.2, -0.15) is 0 Å². The van der Waals surface area contributed by atoms with Crippen molar-refractivity contribution in [1.29, 1.82) is 0 Å². The van der Waals surface area contributed by atoms with Crippen molar-refractivity contribution in [3.63, 3.8) is 0 Å². The van der Waals surface area contributed by atoms with Gasteiger partial charge < -0.3 is 14.8 Å². The van der Waals surface area contributed by atoms with Crippen LogP contribution in [0.5, 0.6) is 5.88 Å². The lowest BCUT2D eigenvalue weighted by molar-refractivity contribution is 0.0832. The van der Waals surface area contributed by atoms with Gasteiger partial charge in [0, 0.05) is 31.5 Å². The second-order valence-electron chi connectivity index (χ2n) is 4.43. The third kappa shape index (κ3) is 3.41. The molecule has 0 saturated carbocycles. The molecule has 1 aromatic heterocycles. The Labute approximate surface area is 102 Å². The lowest BCUT2D eigenvalue weighted by Gasteiger charge is -2.20. The molecule has 2 heterocycles. The van der Waals surface area contributed by atoms with E-state index >= 15 is 0 Å². The monoisotopic (exact) mass is 236 g/mol. The number of rotatable bonds is 5. The molecule has 0 bridgehead atoms. The van der Waals surface area contributed by atoms with Crippen LogP contribution in [0, 0.1) is 0 Å². The van der Waals surface area contributed by atoms with Crippen LogP contribution in [0.4, 0.5) is 0 Å². The predicted octanol–water partition coefficient (Wildman–Crippen LogP) is 1.75. The summed E-state index contributed by atoms with van der Waals surface area (Å²) in [7, 11) is 1.63. The lowest BCUT2D eigenvalue weighted by atomic mass is 10.1. The van der Waals surface area contributed by atoms with Gasteiger partial charge in [0.15, 0.2) is 0 Å². The first-order valence-electron chi connectivity index (χ1n) is 6.13. The second-order valence-corrected chi connectivity index (χ2v) is 4.43. The van der Waals surface area contributed by atoms with Crippen LogP contribution < -0.4 is 10.1 Å². The molecule has 1 aliphatic heterocycles. The van der Waals surface area contributed by atoms with Crippen LogP contribution in [0.25, 0.3) is 0 Å². The van der Waals surface area contributed by atoms with Gasteiger partial charge >= 0.3 is 0 Å². The highest BCUT2D eigenvalue weighted by Gasteiger charge is 2.21. The molecule has 2 rings (SSSR count). The highest BCUT2D eigenvalue weighted by molar-refractivity contribution is 5.20. The van der Waals surface area contributed by atoms with Crippen LogP contribution in [0.3, 0.4) is 0 Å². The molecule has 0 radical (unpaired) electrons. The Hall–Kier alpha value is -1.13. The molecule has 0 aromatic carbocycles. The molecule has 1 aliphatic rings. The van der Waals surface area contributed by atoms with E-state index in [4.69, 9.17) is 9.47 Å². The van der Waals surface area contributed by atoms with Crippen molar-refractivity contribution >= 4 is 0 Å². The van der Waals surface area contributed by atoms with Crippen molar-refractivity contribution < 1.29 is 9.47 Å². The lowest BCUT2D eigenvalue weighted by Crippen LogP contribution is -2.36. The van der Waals surface area contributed by atoms with Crippen LogP contribution in [0.1, 0.15) is 25.3 Å². The molecule has 1 saturated heterocycles. The molecule has 17 heavy (non-hydrogen) atoms. The van der Waals surface area contributed by atoms with E-state index in [1.807, 2.05) is 12.1 Å². The molecular formula is C13H20N2O2. The van der Waals surface area contributed by atoms with E-state index in [2.05, 4.69) is 17.2 Å². The summed E-state index contributed by atoms with van der Waals surface area (Å²) in [6, 6.07) is 4.34. The number of hydrogen-bond acceptors (Lipinski definition) is 4. The van der Waals surface area contributed by atoms with Crippen molar-refractivity contribution in [3.05, 3.63) is 23.9 Å². The molecule has 4 nitrogen and oxygen atoms in total. The summed E-state index contributed by atoms with van der Waals surface area (Å²) in [4.78, 5) is 4.09. The van der Waals surface area contributed by atoms with E-state index in [0.29, 0.717) is 18.0 Å². The second kappa shape index (κ2) is 5.98. The zero-order valence-corrected chi connectivity index (χ0v) is 10.5. The maximum absolute atomic E-state index is 5.65. The first-order valence-corrected chi connectivity index (χ1v) is 6.13. The summed E-state index contributed by atoms with van der Waals surface area (Å²) in [5.41, 5.74) is 1.18. The molecule has 0 unspecified atom stereocenters. The summed E-state index contributed by atoms with van der Waals surface area (Å²) < 4.78 is 10.7. The number of ether oxygens (including phenoxy) is 2. The number of nitrogens with zero attached hydrogens (tertiary/aromatic N) is 1. The predicted molar refractivity (Wildman–Crippen MR) is 66.1 cm³/mol. The third-order valence-corrected chi connectivity index (χ3v) is 3.16. The van der Waals surface area contributed by atoms with Crippen molar-refractivity contribution in [2.75, 3.05) is 13.7 Å². The van der Waals surface area contributed by atoms with Gasteiger partial charge in [-0.1, -0.05) is 0 Å². The Morgan fingerprint density at radius 3 is 3.24 bits per heavy atom. The molecule has 0 aliphatic carbocycles. The van der Waals surface area contributed by atoms with Gasteiger partial charge in [-0.25, -0.2) is 4.98 Å². The van der Waals surface area contributed by atoms with E-state index in [0.717, 1.165) is 19.6 Å². The van der Waals surface area contributed by atoms with Crippen molar-refractivity contribution in [1.82, 2.24) is 10.3 Å². The topological polar surface area (TPSA) is 43.4 Å². The van der Waals surface area contributed by atoms with Crippen molar-refractivity contribution in [2.24, 2.45) is 0 Å². The van der Waals surface area contributed by atoms with Crippen molar-refractivity contribution in [2.45, 2.75) is 38.5 Å². The van der Waals surface area contributed by atoms with E-state index in [1.54, 1.807) is 13.3 Å². The number of methoxy groups -OCH3 is 1. The first-order chi connectivity index (χ1) is 8.29. The molecule has 2 atom stereocenters. The summed E-state index contributed by atoms with van der Waals surface area (Å²) in [5, 5.41) is 3.48. The zero-order valence-electron chi connectivity index (χ0n) is 10.5. The Balaban J connectivity index is 1.83. The molecule has 94 valence electrons. The SMILES string of the molecule is COc1cc(CN[C@H](C)[C@@H]2CCCO2)ccn1. The van der Waals surface area contributed by atoms with E-state index < -0.39 is 0 Å². The molecule has 1 N–H and O–H groups in total. The normalized spacial score (nSPS) is 21.4. The fourth-order valence-electron chi connectivity index (χ4n) is 2.08. The van der Waals surface area contributed by atoms with Gasteiger partial charge in [0.25, 0.3) is 0 Å². The van der Waals surface area contributed by atoms with Crippen LogP contribution in [0.2, 0.25) is 0 Å². The van der Waals surface area contributed by atoms with Crippen LogP contribution >= 0.6 is 0 Å². The molecular weight excluding hydrogens is 216 g/mol. The Morgan fingerprint density at radius 2 is 2.53 bits per heavy atom. The average Bonchev–Trinajstić information content (AvgIpc) is 2.90. The van der Waals surface area contributed by atoms with Crippen LogP contribution in [-0.2, 0) is 11.3 Å². The zero-order chi connectivity index (χ0) is 12.1. The molecule has 1 fully saturated rings. The highest BCUT2D eigenvalue weighted by atomic mass is 16.5. The summed E-state index contributed by atoms with van der Waals surface area (Å²) in [5.74, 6) is 0.661. The standard InChI is InChI=1S/C13H20N2O2/c1-10(12-4-3-7-17-12)15-9-11-5-6-14-13(8-11)16-2/h5-6,8,10,12,15H,3-4,7,9H2,1-2H3/t10-,12+/m1/s1. The quantitative estimate of drug-likeness (QED) is 0.846. The van der Waals surface area contributed by atoms with Crippen molar-refractivity contribution in [3.8, 4) is 5.88 Å². The molecule has 1 aromatic rings. The van der Waals surface area contributed by atoms with Gasteiger partial charge in [0.1, 0.15) is 0 Å². The molecule has 0 spiro atoms. The van der Waals surface area contributed by atoms with Crippen LogP contribution in [0.15, 0.2) is 18.3 Å². The average molecular weight is 236 g/mol. The van der Waals surface area contributed by atoms with Gasteiger partial charge in [-0.3, -0.25) is 0 Å². The molecule has 4 heteroatoms. The van der Waals surface area contributed by atoms with Crippen LogP contribution in [-0.4, -0.2) is 30.8 Å². The van der Waals surface area contributed by atoms with Gasteiger partial charge in [-0.15, -0.1) is 0 Å². The summed E-state index contributed by atoms with van der Waals surface area (Å²) >= 11 is 0. The summed E-state index contributed by atoms with van der Waals surface area (Å²) in [6.45, 7) is 3.90. The number of pyridine rings is 1.